The van der Waals surface area contributed by atoms with E-state index in [9.17, 15) is 0 Å². The molecule has 0 bridgehead atoms. The molecule has 1 aromatic rings. The van der Waals surface area contributed by atoms with Gasteiger partial charge >= 0.3 is 0 Å². The third-order valence-electron chi connectivity index (χ3n) is 1.75. The van der Waals surface area contributed by atoms with Crippen LogP contribution in [0.3, 0.4) is 0 Å². The fourth-order valence-corrected chi connectivity index (χ4v) is 1.33. The summed E-state index contributed by atoms with van der Waals surface area (Å²) >= 11 is 5.76. The molecule has 1 rings (SSSR count). The minimum Gasteiger partial charge on any atom is -0.122 e. The van der Waals surface area contributed by atoms with E-state index in [0.717, 1.165) is 11.1 Å². The van der Waals surface area contributed by atoms with Crippen LogP contribution in [0.5, 0.6) is 0 Å². The van der Waals surface area contributed by atoms with Crippen LogP contribution >= 0.6 is 11.6 Å². The number of nitrogens with zero attached hydrogens (tertiary/aromatic N) is 3. The SMILES string of the molecule is [N-]=[N+]=NCC=Cc1ccccc1CCl. The molecule has 3 nitrogen and oxygen atoms in total. The van der Waals surface area contributed by atoms with Crippen molar-refractivity contribution in [1.29, 1.82) is 0 Å². The van der Waals surface area contributed by atoms with Gasteiger partial charge in [-0.3, -0.25) is 0 Å². The van der Waals surface area contributed by atoms with Crippen LogP contribution in [0.1, 0.15) is 11.1 Å². The van der Waals surface area contributed by atoms with Crippen molar-refractivity contribution >= 4 is 17.7 Å². The normalized spacial score (nSPS) is 10.1. The molecule has 72 valence electrons. The topological polar surface area (TPSA) is 48.8 Å². The van der Waals surface area contributed by atoms with Crippen LogP contribution in [0.4, 0.5) is 0 Å². The highest BCUT2D eigenvalue weighted by molar-refractivity contribution is 6.17. The average molecular weight is 208 g/mol. The summed E-state index contributed by atoms with van der Waals surface area (Å²) in [5.41, 5.74) is 10.2. The number of azide groups is 1. The lowest BCUT2D eigenvalue weighted by molar-refractivity contribution is 1.22. The van der Waals surface area contributed by atoms with Gasteiger partial charge in [-0.2, -0.15) is 0 Å². The van der Waals surface area contributed by atoms with Crippen molar-refractivity contribution in [3.05, 3.63) is 51.9 Å². The second-order valence-electron chi connectivity index (χ2n) is 2.65. The molecule has 0 fully saturated rings. The van der Waals surface area contributed by atoms with Gasteiger partial charge in [0.05, 0.1) is 0 Å². The van der Waals surface area contributed by atoms with E-state index in [1.54, 1.807) is 0 Å². The number of hydrogen-bond acceptors (Lipinski definition) is 1. The summed E-state index contributed by atoms with van der Waals surface area (Å²) in [5.74, 6) is 0.488. The smallest absolute Gasteiger partial charge is 0.0479 e. The molecule has 0 heterocycles. The van der Waals surface area contributed by atoms with E-state index in [1.807, 2.05) is 36.4 Å². The highest BCUT2D eigenvalue weighted by atomic mass is 35.5. The molecule has 0 unspecified atom stereocenters. The van der Waals surface area contributed by atoms with Gasteiger partial charge < -0.3 is 0 Å². The van der Waals surface area contributed by atoms with Gasteiger partial charge in [-0.15, -0.1) is 11.6 Å². The van der Waals surface area contributed by atoms with E-state index in [4.69, 9.17) is 17.1 Å². The maximum absolute atomic E-state index is 8.07. The van der Waals surface area contributed by atoms with Gasteiger partial charge in [0.15, 0.2) is 0 Å². The zero-order chi connectivity index (χ0) is 10.2. The van der Waals surface area contributed by atoms with E-state index in [2.05, 4.69) is 10.0 Å². The maximum atomic E-state index is 8.07. The minimum atomic E-state index is 0.368. The van der Waals surface area contributed by atoms with Gasteiger partial charge in [0.25, 0.3) is 0 Å². The molecule has 0 saturated carbocycles. The van der Waals surface area contributed by atoms with E-state index < -0.39 is 0 Å². The lowest BCUT2D eigenvalue weighted by Gasteiger charge is -1.99. The first-order chi connectivity index (χ1) is 6.88. The molecule has 0 saturated heterocycles. The summed E-state index contributed by atoms with van der Waals surface area (Å²) in [5, 5.41) is 3.40. The Balaban J connectivity index is 2.74. The molecule has 0 amide bonds. The quantitative estimate of drug-likeness (QED) is 0.313. The van der Waals surface area contributed by atoms with Crippen molar-refractivity contribution in [2.45, 2.75) is 5.88 Å². The standard InChI is InChI=1S/C10H10ClN3/c11-8-10-5-2-1-4-9(10)6-3-7-13-14-12/h1-6H,7-8H2. The van der Waals surface area contributed by atoms with Gasteiger partial charge in [-0.05, 0) is 16.7 Å². The van der Waals surface area contributed by atoms with Crippen molar-refractivity contribution in [2.75, 3.05) is 6.54 Å². The first-order valence-corrected chi connectivity index (χ1v) is 4.73. The summed E-state index contributed by atoms with van der Waals surface area (Å²) in [6.45, 7) is 0.368. The Hall–Kier alpha value is -1.44. The van der Waals surface area contributed by atoms with Gasteiger partial charge in [0.2, 0.25) is 0 Å². The molecule has 0 aliphatic heterocycles. The molecule has 0 aliphatic rings. The monoisotopic (exact) mass is 207 g/mol. The maximum Gasteiger partial charge on any atom is 0.0479 e. The predicted molar refractivity (Wildman–Crippen MR) is 59.0 cm³/mol. The molecule has 0 N–H and O–H groups in total. The van der Waals surface area contributed by atoms with E-state index in [1.165, 1.54) is 0 Å². The number of hydrogen-bond donors (Lipinski definition) is 0. The highest BCUT2D eigenvalue weighted by Gasteiger charge is 1.94. The molecule has 0 atom stereocenters. The summed E-state index contributed by atoms with van der Waals surface area (Å²) < 4.78 is 0. The molecule has 4 heteroatoms. The fourth-order valence-electron chi connectivity index (χ4n) is 1.08. The molecule has 1 aromatic carbocycles. The second-order valence-corrected chi connectivity index (χ2v) is 2.92. The summed E-state index contributed by atoms with van der Waals surface area (Å²) in [7, 11) is 0. The highest BCUT2D eigenvalue weighted by Crippen LogP contribution is 2.12. The Morgan fingerprint density at radius 2 is 2.21 bits per heavy atom. The van der Waals surface area contributed by atoms with Crippen molar-refractivity contribution in [3.8, 4) is 0 Å². The van der Waals surface area contributed by atoms with Crippen molar-refractivity contribution in [1.82, 2.24) is 0 Å². The Bertz CT molecular complexity index is 367. The Labute approximate surface area is 87.6 Å². The fraction of sp³-hybridized carbons (Fsp3) is 0.200. The zero-order valence-electron chi connectivity index (χ0n) is 7.60. The third-order valence-corrected chi connectivity index (χ3v) is 2.03. The lowest BCUT2D eigenvalue weighted by Crippen LogP contribution is -1.83. The van der Waals surface area contributed by atoms with Crippen molar-refractivity contribution in [2.24, 2.45) is 5.11 Å². The molecule has 0 radical (unpaired) electrons. The summed E-state index contributed by atoms with van der Waals surface area (Å²) in [6.07, 6.45) is 3.72. The largest absolute Gasteiger partial charge is 0.122 e. The first kappa shape index (κ1) is 10.6. The Morgan fingerprint density at radius 3 is 2.93 bits per heavy atom. The first-order valence-electron chi connectivity index (χ1n) is 4.19. The van der Waals surface area contributed by atoms with Crippen LogP contribution < -0.4 is 0 Å². The minimum absolute atomic E-state index is 0.368. The van der Waals surface area contributed by atoms with Crippen LogP contribution in [0.25, 0.3) is 16.5 Å². The van der Waals surface area contributed by atoms with Crippen LogP contribution in [-0.4, -0.2) is 6.54 Å². The summed E-state index contributed by atoms with van der Waals surface area (Å²) in [6, 6.07) is 7.84. The van der Waals surface area contributed by atoms with Gasteiger partial charge in [-0.1, -0.05) is 41.5 Å². The third kappa shape index (κ3) is 3.13. The molecular formula is C10H10ClN3. The van der Waals surface area contributed by atoms with Crippen molar-refractivity contribution < 1.29 is 0 Å². The van der Waals surface area contributed by atoms with Gasteiger partial charge in [0, 0.05) is 17.3 Å². The van der Waals surface area contributed by atoms with Crippen molar-refractivity contribution in [3.63, 3.8) is 0 Å². The number of alkyl halides is 1. The van der Waals surface area contributed by atoms with E-state index >= 15 is 0 Å². The molecule has 0 aromatic heterocycles. The molecule has 0 spiro atoms. The second kappa shape index (κ2) is 6.08. The average Bonchev–Trinajstić information content (AvgIpc) is 2.25. The molecule has 14 heavy (non-hydrogen) atoms. The van der Waals surface area contributed by atoms with Crippen LogP contribution in [0, 0.1) is 0 Å². The molecule has 0 aliphatic carbocycles. The number of rotatable bonds is 4. The Morgan fingerprint density at radius 1 is 1.43 bits per heavy atom. The Kier molecular flexibility index (Phi) is 4.62. The summed E-state index contributed by atoms with van der Waals surface area (Å²) in [4.78, 5) is 2.66. The van der Waals surface area contributed by atoms with E-state index in [0.29, 0.717) is 12.4 Å². The van der Waals surface area contributed by atoms with Crippen LogP contribution in [0.15, 0.2) is 35.5 Å². The zero-order valence-corrected chi connectivity index (χ0v) is 8.35. The van der Waals surface area contributed by atoms with Gasteiger partial charge in [0.1, 0.15) is 0 Å². The lowest BCUT2D eigenvalue weighted by atomic mass is 10.1. The number of benzene rings is 1. The van der Waals surface area contributed by atoms with Crippen LogP contribution in [0.2, 0.25) is 0 Å². The molecular weight excluding hydrogens is 198 g/mol. The predicted octanol–water partition coefficient (Wildman–Crippen LogP) is 3.75. The van der Waals surface area contributed by atoms with Gasteiger partial charge in [-0.25, -0.2) is 0 Å². The van der Waals surface area contributed by atoms with E-state index in [-0.39, 0.29) is 0 Å². The number of halogens is 1. The van der Waals surface area contributed by atoms with Crippen LogP contribution in [-0.2, 0) is 5.88 Å².